The van der Waals surface area contributed by atoms with Gasteiger partial charge in [-0.1, -0.05) is 31.2 Å². The number of nitrogens with two attached hydrogens (primary N) is 1. The predicted octanol–water partition coefficient (Wildman–Crippen LogP) is 5.39. The Balaban J connectivity index is 1.58. The average molecular weight is 515 g/mol. The van der Waals surface area contributed by atoms with Gasteiger partial charge in [0.2, 0.25) is 5.88 Å². The average Bonchev–Trinajstić information content (AvgIpc) is 2.90. The molecule has 1 heterocycles. The van der Waals surface area contributed by atoms with Crippen LogP contribution in [0.25, 0.3) is 0 Å². The second kappa shape index (κ2) is 12.1. The van der Waals surface area contributed by atoms with E-state index in [1.165, 1.54) is 0 Å². The minimum absolute atomic E-state index is 0.0134. The number of esters is 1. The van der Waals surface area contributed by atoms with Crippen LogP contribution in [0.4, 0.5) is 0 Å². The van der Waals surface area contributed by atoms with Crippen LogP contribution >= 0.6 is 0 Å². The molecule has 0 saturated heterocycles. The number of hydrogen-bond donors (Lipinski definition) is 1. The van der Waals surface area contributed by atoms with Gasteiger partial charge >= 0.3 is 5.97 Å². The molecule has 0 bridgehead atoms. The Morgan fingerprint density at radius 1 is 1.00 bits per heavy atom. The number of allylic oxidation sites excluding steroid dienone is 1. The molecule has 0 amide bonds. The molecule has 0 aliphatic carbocycles. The Kier molecular flexibility index (Phi) is 8.39. The van der Waals surface area contributed by atoms with Gasteiger partial charge in [-0.15, -0.1) is 0 Å². The number of nitrogens with zero attached hydrogens (tertiary/aromatic N) is 1. The Morgan fingerprint density at radius 3 is 2.58 bits per heavy atom. The Labute approximate surface area is 222 Å². The van der Waals surface area contributed by atoms with Gasteiger partial charge in [-0.3, -0.25) is 0 Å². The Bertz CT molecular complexity index is 1390. The van der Waals surface area contributed by atoms with Gasteiger partial charge in [0.25, 0.3) is 0 Å². The summed E-state index contributed by atoms with van der Waals surface area (Å²) in [5.74, 6) is 1.38. The van der Waals surface area contributed by atoms with Crippen LogP contribution < -0.4 is 29.4 Å². The van der Waals surface area contributed by atoms with Crippen molar-refractivity contribution in [2.45, 2.75) is 33.1 Å². The quantitative estimate of drug-likeness (QED) is 0.283. The molecule has 0 fully saturated rings. The summed E-state index contributed by atoms with van der Waals surface area (Å²) < 4.78 is 28.4. The highest BCUT2D eigenvalue weighted by Crippen LogP contribution is 2.45. The number of carbonyl (C=O) groups excluding carboxylic acids is 1. The second-order valence-electron chi connectivity index (χ2n) is 8.69. The van der Waals surface area contributed by atoms with E-state index in [-0.39, 0.29) is 23.8 Å². The molecule has 3 aromatic rings. The van der Waals surface area contributed by atoms with Crippen molar-refractivity contribution in [3.63, 3.8) is 0 Å². The lowest BCUT2D eigenvalue weighted by Crippen LogP contribution is -2.22. The summed E-state index contributed by atoms with van der Waals surface area (Å²) in [6, 6.07) is 20.1. The van der Waals surface area contributed by atoms with Crippen molar-refractivity contribution in [1.29, 1.82) is 5.26 Å². The third-order valence-corrected chi connectivity index (χ3v) is 5.83. The third-order valence-electron chi connectivity index (χ3n) is 5.83. The predicted molar refractivity (Wildman–Crippen MR) is 141 cm³/mol. The van der Waals surface area contributed by atoms with Crippen LogP contribution in [0, 0.1) is 18.3 Å². The first-order valence-corrected chi connectivity index (χ1v) is 12.4. The smallest absolute Gasteiger partial charge is 0.349 e. The maximum atomic E-state index is 12.4. The fourth-order valence-corrected chi connectivity index (χ4v) is 4.15. The van der Waals surface area contributed by atoms with Gasteiger partial charge in [-0.05, 0) is 61.7 Å². The first-order chi connectivity index (χ1) is 18.4. The van der Waals surface area contributed by atoms with Crippen molar-refractivity contribution in [2.75, 3.05) is 19.8 Å². The number of hydrogen-bond acceptors (Lipinski definition) is 8. The first-order valence-electron chi connectivity index (χ1n) is 12.4. The number of aryl methyl sites for hydroxylation is 1. The van der Waals surface area contributed by atoms with E-state index in [9.17, 15) is 10.1 Å². The molecule has 196 valence electrons. The van der Waals surface area contributed by atoms with E-state index in [1.807, 2.05) is 57.2 Å². The zero-order valence-electron chi connectivity index (χ0n) is 21.7. The zero-order valence-corrected chi connectivity index (χ0v) is 21.7. The molecule has 1 atom stereocenters. The highest BCUT2D eigenvalue weighted by molar-refractivity contribution is 5.74. The fourth-order valence-electron chi connectivity index (χ4n) is 4.15. The lowest BCUT2D eigenvalue weighted by molar-refractivity contribution is -0.136. The Hall–Kier alpha value is -4.64. The number of ether oxygens (including phenoxy) is 5. The van der Waals surface area contributed by atoms with Crippen molar-refractivity contribution in [3.05, 3.63) is 88.8 Å². The summed E-state index contributed by atoms with van der Waals surface area (Å²) in [7, 11) is 0. The molecule has 8 nitrogen and oxygen atoms in total. The largest absolute Gasteiger partial charge is 0.490 e. The molecule has 3 aromatic carbocycles. The van der Waals surface area contributed by atoms with Crippen molar-refractivity contribution >= 4 is 5.97 Å². The van der Waals surface area contributed by atoms with Gasteiger partial charge in [0.05, 0.1) is 19.1 Å². The lowest BCUT2D eigenvalue weighted by atomic mass is 9.83. The molecule has 8 heteroatoms. The maximum Gasteiger partial charge on any atom is 0.349 e. The highest BCUT2D eigenvalue weighted by Gasteiger charge is 2.32. The van der Waals surface area contributed by atoms with Gasteiger partial charge in [-0.2, -0.15) is 5.26 Å². The Morgan fingerprint density at radius 2 is 1.84 bits per heavy atom. The monoisotopic (exact) mass is 514 g/mol. The van der Waals surface area contributed by atoms with Gasteiger partial charge in [0.15, 0.2) is 18.1 Å². The molecule has 1 aliphatic heterocycles. The minimum Gasteiger partial charge on any atom is -0.490 e. The minimum atomic E-state index is -0.566. The topological polar surface area (TPSA) is 113 Å². The first kappa shape index (κ1) is 26.4. The number of carbonyl (C=O) groups is 1. The molecule has 0 saturated carbocycles. The van der Waals surface area contributed by atoms with E-state index in [0.717, 1.165) is 17.5 Å². The lowest BCUT2D eigenvalue weighted by Gasteiger charge is -2.27. The van der Waals surface area contributed by atoms with Crippen molar-refractivity contribution in [3.8, 4) is 34.8 Å². The molecular formula is C30H30N2O6. The van der Waals surface area contributed by atoms with Crippen LogP contribution in [0.15, 0.2) is 72.1 Å². The summed E-state index contributed by atoms with van der Waals surface area (Å²) in [5.41, 5.74) is 8.95. The van der Waals surface area contributed by atoms with Crippen molar-refractivity contribution < 1.29 is 28.5 Å². The molecule has 0 spiro atoms. The standard InChI is InChI=1S/C30H30N2O6/c1-4-13-35-25-12-9-20(15-27(25)34-5-2)29-23-11-10-22(16-26(23)38-30(32)24(29)17-31)37-28(33)18-36-21-8-6-7-19(3)14-21/h6-12,14-16,29H,4-5,13,18,32H2,1-3H3. The van der Waals surface area contributed by atoms with E-state index in [1.54, 1.807) is 24.3 Å². The maximum absolute atomic E-state index is 12.4. The van der Waals surface area contributed by atoms with Gasteiger partial charge in [-0.25, -0.2) is 4.79 Å². The van der Waals surface area contributed by atoms with Gasteiger partial charge < -0.3 is 29.4 Å². The number of nitriles is 1. The summed E-state index contributed by atoms with van der Waals surface area (Å²) in [6.45, 7) is 6.64. The third kappa shape index (κ3) is 6.01. The van der Waals surface area contributed by atoms with E-state index < -0.39 is 11.9 Å². The molecule has 0 radical (unpaired) electrons. The molecule has 0 aromatic heterocycles. The van der Waals surface area contributed by atoms with E-state index in [0.29, 0.717) is 41.8 Å². The fraction of sp³-hybridized carbons (Fsp3) is 0.267. The molecule has 4 rings (SSSR count). The summed E-state index contributed by atoms with van der Waals surface area (Å²) in [4.78, 5) is 12.4. The van der Waals surface area contributed by atoms with Gasteiger partial charge in [0.1, 0.15) is 28.9 Å². The van der Waals surface area contributed by atoms with Crippen LogP contribution in [-0.2, 0) is 4.79 Å². The van der Waals surface area contributed by atoms with Crippen molar-refractivity contribution in [2.24, 2.45) is 5.73 Å². The molecular weight excluding hydrogens is 484 g/mol. The number of benzene rings is 3. The molecule has 1 unspecified atom stereocenters. The normalized spacial score (nSPS) is 14.1. The summed E-state index contributed by atoms with van der Waals surface area (Å²) >= 11 is 0. The van der Waals surface area contributed by atoms with Crippen LogP contribution in [-0.4, -0.2) is 25.8 Å². The van der Waals surface area contributed by atoms with Crippen LogP contribution in [0.1, 0.15) is 42.9 Å². The highest BCUT2D eigenvalue weighted by atomic mass is 16.6. The molecule has 38 heavy (non-hydrogen) atoms. The van der Waals surface area contributed by atoms with Gasteiger partial charge in [0, 0.05) is 11.6 Å². The van der Waals surface area contributed by atoms with Crippen LogP contribution in [0.3, 0.4) is 0 Å². The van der Waals surface area contributed by atoms with E-state index in [2.05, 4.69) is 6.07 Å². The molecule has 2 N–H and O–H groups in total. The number of rotatable bonds is 10. The second-order valence-corrected chi connectivity index (χ2v) is 8.69. The van der Waals surface area contributed by atoms with Crippen LogP contribution in [0.5, 0.6) is 28.7 Å². The summed E-state index contributed by atoms with van der Waals surface area (Å²) in [5, 5.41) is 9.90. The van der Waals surface area contributed by atoms with Crippen molar-refractivity contribution in [1.82, 2.24) is 0 Å². The number of fused-ring (bicyclic) bond motifs is 1. The SMILES string of the molecule is CCCOc1ccc(C2C(C#N)=C(N)Oc3cc(OC(=O)COc4cccc(C)c4)ccc32)cc1OCC. The van der Waals surface area contributed by atoms with E-state index >= 15 is 0 Å². The van der Waals surface area contributed by atoms with Crippen LogP contribution in [0.2, 0.25) is 0 Å². The molecule has 1 aliphatic rings. The van der Waals surface area contributed by atoms with E-state index in [4.69, 9.17) is 29.4 Å². The summed E-state index contributed by atoms with van der Waals surface area (Å²) in [6.07, 6.45) is 0.865. The zero-order chi connectivity index (χ0) is 27.1.